The van der Waals surface area contributed by atoms with Crippen molar-refractivity contribution in [2.24, 2.45) is 59.2 Å². The van der Waals surface area contributed by atoms with Gasteiger partial charge in [-0.3, -0.25) is 0 Å². The Hall–Kier alpha value is -3.47. The van der Waals surface area contributed by atoms with Crippen LogP contribution in [-0.4, -0.2) is 13.1 Å². The third kappa shape index (κ3) is 11.5. The van der Waals surface area contributed by atoms with E-state index in [1.165, 1.54) is 153 Å². The van der Waals surface area contributed by atoms with E-state index in [0.29, 0.717) is 0 Å². The molecule has 0 N–H and O–H groups in total. The number of fused-ring (bicyclic) bond motifs is 4. The Morgan fingerprint density at radius 2 is 0.803 bits per heavy atom. The maximum absolute atomic E-state index is 10.7. The van der Waals surface area contributed by atoms with E-state index in [4.69, 9.17) is 0 Å². The SMILES string of the molecule is Cl.Cl.[CH2-]CC(F)(F)F.[CH3-].[Si]=[Zr].c1ccc2cc(-c3cccc4[cH-]c(CC5C6CC7CC(C6)CC5C7)cc34)ccc2c1.c1ccc2cc(-c3cccc4[cH-]c(CC5C6CC7CC(C6)CC5C7)cc34)ccc2c1. The quantitative estimate of drug-likeness (QED) is 0.115. The molecule has 8 aromatic rings. The van der Waals surface area contributed by atoms with Gasteiger partial charge in [-0.05, 0) is 181 Å². The molecule has 0 amide bonds. The van der Waals surface area contributed by atoms with Crippen LogP contribution in [0.25, 0.3) is 65.3 Å². The van der Waals surface area contributed by atoms with E-state index in [1.807, 2.05) is 0 Å². The van der Waals surface area contributed by atoms with Crippen molar-refractivity contribution < 1.29 is 36.5 Å². The Bertz CT molecular complexity index is 2800. The summed E-state index contributed by atoms with van der Waals surface area (Å²) in [6.07, 6.45) is 12.9. The fraction of sp³-hybridized carbons (Fsp3) is 0.375. The van der Waals surface area contributed by atoms with Gasteiger partial charge in [-0.1, -0.05) is 102 Å². The van der Waals surface area contributed by atoms with Crippen molar-refractivity contribution in [3.63, 3.8) is 0 Å². The second-order valence-electron chi connectivity index (χ2n) is 21.9. The molecule has 0 saturated heterocycles. The summed E-state index contributed by atoms with van der Waals surface area (Å²) in [4.78, 5) is 0. The minimum atomic E-state index is -4.07. The van der Waals surface area contributed by atoms with Crippen molar-refractivity contribution in [1.29, 1.82) is 0 Å². The molecule has 0 heterocycles. The summed E-state index contributed by atoms with van der Waals surface area (Å²) in [5, 5.41) is 11.0. The molecule has 8 aliphatic rings. The van der Waals surface area contributed by atoms with Gasteiger partial charge in [-0.25, -0.2) is 0 Å². The Labute approximate surface area is 450 Å². The summed E-state index contributed by atoms with van der Waals surface area (Å²) in [5.74, 6) is 10.2. The van der Waals surface area contributed by atoms with Crippen LogP contribution in [0.3, 0.4) is 0 Å². The summed E-state index contributed by atoms with van der Waals surface area (Å²) >= 11 is 1.36. The number of benzene rings is 6. The molecule has 0 unspecified atom stereocenters. The van der Waals surface area contributed by atoms with Crippen molar-refractivity contribution in [2.75, 3.05) is 0 Å². The molecule has 7 heteroatoms. The van der Waals surface area contributed by atoms with E-state index in [9.17, 15) is 13.2 Å². The molecule has 0 aliphatic heterocycles. The van der Waals surface area contributed by atoms with Crippen LogP contribution in [0.15, 0.2) is 146 Å². The van der Waals surface area contributed by atoms with Crippen LogP contribution in [0.5, 0.6) is 0 Å². The predicted molar refractivity (Wildman–Crippen MR) is 296 cm³/mol. The molecular formula is C64H67Cl2F3SiZr-4. The number of hydrogen-bond acceptors (Lipinski definition) is 0. The van der Waals surface area contributed by atoms with Gasteiger partial charge in [0, 0.05) is 0 Å². The van der Waals surface area contributed by atoms with E-state index in [-0.39, 0.29) is 32.2 Å². The second kappa shape index (κ2) is 23.0. The van der Waals surface area contributed by atoms with E-state index < -0.39 is 12.6 Å². The number of halogens is 5. The smallest absolute Gasteiger partial charge is 0.0178 e. The molecule has 0 spiro atoms. The minimum Gasteiger partial charge on any atom is -0.164 e. The Morgan fingerprint density at radius 1 is 0.465 bits per heavy atom. The summed E-state index contributed by atoms with van der Waals surface area (Å²) in [7, 11) is 0. The standard InChI is InChI=1S/2C30H29.C3H4F3.CH3.2ClH.Si.Zr/c2*1-2-5-23-18-25(9-8-22(23)4-1)28-7-3-6-24-11-21(17-30(24)28)16-29-26-12-19-10-20(14-26)15-27(29)13-19;1-2-3(4,5)6;;;;;/h2*1-9,11,17-20,26-27,29H,10,12-16H2;1-2H2;1H3;2*1H;;/q4*-1;;;;. The van der Waals surface area contributed by atoms with Crippen LogP contribution < -0.4 is 0 Å². The molecule has 8 saturated carbocycles. The van der Waals surface area contributed by atoms with Crippen LogP contribution in [0.1, 0.15) is 81.8 Å². The zero-order chi connectivity index (χ0) is 46.5. The normalized spacial score (nSPS) is 26.2. The van der Waals surface area contributed by atoms with Crippen molar-refractivity contribution in [3.05, 3.63) is 171 Å². The number of rotatable bonds is 6. The zero-order valence-corrected chi connectivity index (χ0v) is 46.1. The maximum atomic E-state index is 10.7. The van der Waals surface area contributed by atoms with Gasteiger partial charge in [-0.2, -0.15) is 25.3 Å². The van der Waals surface area contributed by atoms with Gasteiger partial charge in [-0.15, -0.1) is 93.9 Å². The molecular weight excluding hydrogens is 1020 g/mol. The maximum Gasteiger partial charge on any atom is -0.0178 e. The van der Waals surface area contributed by atoms with Gasteiger partial charge >= 0.3 is 36.4 Å². The van der Waals surface area contributed by atoms with Crippen LogP contribution in [0.4, 0.5) is 13.2 Å². The second-order valence-corrected chi connectivity index (χ2v) is 21.9. The van der Waals surface area contributed by atoms with Gasteiger partial charge < -0.3 is 14.4 Å². The van der Waals surface area contributed by atoms with Crippen molar-refractivity contribution in [1.82, 2.24) is 0 Å². The third-order valence-corrected chi connectivity index (χ3v) is 17.8. The first-order valence-corrected chi connectivity index (χ1v) is 29.8. The molecule has 370 valence electrons. The summed E-state index contributed by atoms with van der Waals surface area (Å²) in [6.45, 7) is 5.69. The van der Waals surface area contributed by atoms with Crippen molar-refractivity contribution in [2.45, 2.75) is 89.6 Å². The van der Waals surface area contributed by atoms with E-state index in [2.05, 4.69) is 159 Å². The van der Waals surface area contributed by atoms with Gasteiger partial charge in [0.1, 0.15) is 0 Å². The first-order chi connectivity index (χ1) is 33.2. The number of hydrogen-bond donors (Lipinski definition) is 0. The monoisotopic (exact) mass is 1080 g/mol. The minimum absolute atomic E-state index is 0. The van der Waals surface area contributed by atoms with E-state index >= 15 is 0 Å². The predicted octanol–water partition coefficient (Wildman–Crippen LogP) is 18.7. The van der Waals surface area contributed by atoms with Gasteiger partial charge in [0.15, 0.2) is 0 Å². The van der Waals surface area contributed by atoms with Gasteiger partial charge in [0.2, 0.25) is 0 Å². The largest absolute Gasteiger partial charge is 0.164 e. The van der Waals surface area contributed by atoms with Crippen LogP contribution in [0, 0.1) is 73.5 Å². The van der Waals surface area contributed by atoms with Crippen LogP contribution in [0.2, 0.25) is 0 Å². The molecule has 2 radical (unpaired) electrons. The molecule has 8 aliphatic carbocycles. The average Bonchev–Trinajstić information content (AvgIpc) is 3.98. The Kier molecular flexibility index (Phi) is 17.4. The molecule has 8 fully saturated rings. The molecule has 0 atom stereocenters. The first kappa shape index (κ1) is 53.8. The van der Waals surface area contributed by atoms with E-state index in [0.717, 1.165) is 59.2 Å². The summed E-state index contributed by atoms with van der Waals surface area (Å²) in [6, 6.07) is 54.9. The zero-order valence-electron chi connectivity index (χ0n) is 41.0. The van der Waals surface area contributed by atoms with Gasteiger partial charge in [0.05, 0.1) is 0 Å². The fourth-order valence-corrected chi connectivity index (χ4v) is 15.3. The fourth-order valence-electron chi connectivity index (χ4n) is 15.3. The summed E-state index contributed by atoms with van der Waals surface area (Å²) < 4.78 is 32.2. The van der Waals surface area contributed by atoms with Gasteiger partial charge in [0.25, 0.3) is 0 Å². The number of alkyl halides is 3. The van der Waals surface area contributed by atoms with Crippen LogP contribution >= 0.6 is 24.8 Å². The molecule has 0 aromatic heterocycles. The van der Waals surface area contributed by atoms with Crippen molar-refractivity contribution >= 4 is 74.8 Å². The molecule has 0 nitrogen and oxygen atoms in total. The average molecular weight is 1080 g/mol. The van der Waals surface area contributed by atoms with Crippen LogP contribution in [-0.2, 0) is 36.2 Å². The van der Waals surface area contributed by atoms with Crippen molar-refractivity contribution in [3.8, 4) is 22.3 Å². The Morgan fingerprint density at radius 3 is 1.14 bits per heavy atom. The third-order valence-electron chi connectivity index (χ3n) is 17.8. The molecule has 16 rings (SSSR count). The first-order valence-electron chi connectivity index (χ1n) is 25.6. The Balaban J connectivity index is 0.000000160. The van der Waals surface area contributed by atoms with E-state index in [1.54, 1.807) is 24.0 Å². The summed E-state index contributed by atoms with van der Waals surface area (Å²) in [5.41, 5.74) is 8.60. The molecule has 8 aromatic carbocycles. The topological polar surface area (TPSA) is 0 Å². The molecule has 8 bridgehead atoms. The molecule has 71 heavy (non-hydrogen) atoms.